The normalized spacial score (nSPS) is 14.9. The Morgan fingerprint density at radius 2 is 1.78 bits per heavy atom. The van der Waals surface area contributed by atoms with Crippen LogP contribution < -0.4 is 4.90 Å². The largest absolute Gasteiger partial charge is 0.368 e. The number of rotatable bonds is 2. The number of carbonyl (C=O) groups excluding carboxylic acids is 1. The highest BCUT2D eigenvalue weighted by Gasteiger charge is 2.23. The van der Waals surface area contributed by atoms with E-state index in [9.17, 15) is 9.18 Å². The first kappa shape index (κ1) is 15.8. The van der Waals surface area contributed by atoms with Crippen molar-refractivity contribution in [2.24, 2.45) is 0 Å². The lowest BCUT2D eigenvalue weighted by Crippen LogP contribution is -2.49. The summed E-state index contributed by atoms with van der Waals surface area (Å²) in [6, 6.07) is 12.4. The van der Waals surface area contributed by atoms with E-state index < -0.39 is 5.82 Å². The third-order valence-electron chi connectivity index (χ3n) is 4.21. The molecule has 1 aliphatic rings. The first-order valence-corrected chi connectivity index (χ1v) is 7.99. The Morgan fingerprint density at radius 3 is 2.43 bits per heavy atom. The first-order valence-electron chi connectivity index (χ1n) is 7.61. The number of aryl methyl sites for hydroxylation is 1. The summed E-state index contributed by atoms with van der Waals surface area (Å²) < 4.78 is 13.3. The molecule has 1 heterocycles. The summed E-state index contributed by atoms with van der Waals surface area (Å²) in [4.78, 5) is 16.6. The molecule has 2 aromatic carbocycles. The van der Waals surface area contributed by atoms with Gasteiger partial charge in [0, 0.05) is 37.4 Å². The zero-order valence-corrected chi connectivity index (χ0v) is 13.7. The summed E-state index contributed by atoms with van der Waals surface area (Å²) >= 11 is 5.84. The molecule has 5 heteroatoms. The number of anilines is 1. The zero-order chi connectivity index (χ0) is 16.4. The fraction of sp³-hybridized carbons (Fsp3) is 0.278. The highest BCUT2D eigenvalue weighted by Crippen LogP contribution is 2.24. The van der Waals surface area contributed by atoms with Gasteiger partial charge in [-0.3, -0.25) is 4.79 Å². The van der Waals surface area contributed by atoms with Crippen molar-refractivity contribution in [3.63, 3.8) is 0 Å². The van der Waals surface area contributed by atoms with Crippen LogP contribution in [0.5, 0.6) is 0 Å². The van der Waals surface area contributed by atoms with E-state index in [2.05, 4.69) is 4.90 Å². The number of amides is 1. The van der Waals surface area contributed by atoms with Gasteiger partial charge in [0.25, 0.3) is 5.91 Å². The highest BCUT2D eigenvalue weighted by atomic mass is 35.5. The number of nitrogens with zero attached hydrogens (tertiary/aromatic N) is 2. The minimum absolute atomic E-state index is 0.0693. The van der Waals surface area contributed by atoms with Gasteiger partial charge in [-0.2, -0.15) is 0 Å². The highest BCUT2D eigenvalue weighted by molar-refractivity contribution is 6.31. The Kier molecular flexibility index (Phi) is 4.53. The SMILES string of the molecule is Cc1ccccc1C(=O)N1CCN(c2ccc(F)c(Cl)c2)CC1. The van der Waals surface area contributed by atoms with Crippen LogP contribution in [0.2, 0.25) is 5.02 Å². The van der Waals surface area contributed by atoms with Crippen LogP contribution in [0.3, 0.4) is 0 Å². The van der Waals surface area contributed by atoms with Crippen molar-refractivity contribution < 1.29 is 9.18 Å². The van der Waals surface area contributed by atoms with Gasteiger partial charge in [0.2, 0.25) is 0 Å². The maximum Gasteiger partial charge on any atom is 0.254 e. The molecular formula is C18H18ClFN2O. The molecule has 0 aliphatic carbocycles. The molecule has 0 bridgehead atoms. The van der Waals surface area contributed by atoms with Crippen LogP contribution in [-0.4, -0.2) is 37.0 Å². The Labute approximate surface area is 140 Å². The molecule has 120 valence electrons. The van der Waals surface area contributed by atoms with Crippen LogP contribution >= 0.6 is 11.6 Å². The number of benzene rings is 2. The van der Waals surface area contributed by atoms with Crippen LogP contribution in [0.15, 0.2) is 42.5 Å². The molecule has 1 amide bonds. The van der Waals surface area contributed by atoms with Crippen LogP contribution in [0.1, 0.15) is 15.9 Å². The van der Waals surface area contributed by atoms with Gasteiger partial charge in [-0.25, -0.2) is 4.39 Å². The monoisotopic (exact) mass is 332 g/mol. The fourth-order valence-corrected chi connectivity index (χ4v) is 3.01. The maximum absolute atomic E-state index is 13.3. The van der Waals surface area contributed by atoms with Crippen LogP contribution in [-0.2, 0) is 0 Å². The lowest BCUT2D eigenvalue weighted by molar-refractivity contribution is 0.0746. The Morgan fingerprint density at radius 1 is 1.09 bits per heavy atom. The molecule has 0 saturated carbocycles. The standard InChI is InChI=1S/C18H18ClFN2O/c1-13-4-2-3-5-15(13)18(23)22-10-8-21(9-11-22)14-6-7-17(20)16(19)12-14/h2-7,12H,8-11H2,1H3. The molecule has 2 aromatic rings. The molecule has 3 nitrogen and oxygen atoms in total. The van der Waals surface area contributed by atoms with Crippen molar-refractivity contribution in [2.75, 3.05) is 31.1 Å². The number of hydrogen-bond donors (Lipinski definition) is 0. The van der Waals surface area contributed by atoms with Gasteiger partial charge in [-0.15, -0.1) is 0 Å². The second kappa shape index (κ2) is 6.59. The summed E-state index contributed by atoms with van der Waals surface area (Å²) in [5.74, 6) is -0.344. The number of piperazine rings is 1. The molecule has 0 atom stereocenters. The average molecular weight is 333 g/mol. The number of carbonyl (C=O) groups is 1. The van der Waals surface area contributed by atoms with E-state index >= 15 is 0 Å². The molecule has 1 aliphatic heterocycles. The average Bonchev–Trinajstić information content (AvgIpc) is 2.57. The van der Waals surface area contributed by atoms with E-state index in [0.29, 0.717) is 26.2 Å². The smallest absolute Gasteiger partial charge is 0.254 e. The first-order chi connectivity index (χ1) is 11.1. The molecule has 0 unspecified atom stereocenters. The lowest BCUT2D eigenvalue weighted by atomic mass is 10.1. The van der Waals surface area contributed by atoms with Crippen molar-refractivity contribution in [2.45, 2.75) is 6.92 Å². The molecule has 23 heavy (non-hydrogen) atoms. The molecule has 3 rings (SSSR count). The van der Waals surface area contributed by atoms with Crippen LogP contribution in [0, 0.1) is 12.7 Å². The number of halogens is 2. The third kappa shape index (κ3) is 3.32. The minimum atomic E-state index is -0.413. The third-order valence-corrected chi connectivity index (χ3v) is 4.50. The Bertz CT molecular complexity index is 727. The summed E-state index contributed by atoms with van der Waals surface area (Å²) in [7, 11) is 0. The van der Waals surface area contributed by atoms with Crippen molar-refractivity contribution in [3.8, 4) is 0 Å². The number of hydrogen-bond acceptors (Lipinski definition) is 2. The zero-order valence-electron chi connectivity index (χ0n) is 12.9. The van der Waals surface area contributed by atoms with Gasteiger partial charge in [0.15, 0.2) is 0 Å². The topological polar surface area (TPSA) is 23.6 Å². The second-order valence-corrected chi connectivity index (χ2v) is 6.10. The van der Waals surface area contributed by atoms with Crippen LogP contribution in [0.4, 0.5) is 10.1 Å². The summed E-state index contributed by atoms with van der Waals surface area (Å²) in [6.45, 7) is 4.65. The van der Waals surface area contributed by atoms with E-state index in [1.807, 2.05) is 36.1 Å². The summed E-state index contributed by atoms with van der Waals surface area (Å²) in [5, 5.41) is 0.126. The van der Waals surface area contributed by atoms with Gasteiger partial charge in [-0.1, -0.05) is 29.8 Å². The quantitative estimate of drug-likeness (QED) is 0.836. The molecule has 0 spiro atoms. The summed E-state index contributed by atoms with van der Waals surface area (Å²) in [5.41, 5.74) is 2.63. The van der Waals surface area contributed by atoms with Crippen molar-refractivity contribution in [1.82, 2.24) is 4.90 Å². The molecule has 0 radical (unpaired) electrons. The minimum Gasteiger partial charge on any atom is -0.368 e. The van der Waals surface area contributed by atoms with Crippen molar-refractivity contribution in [1.29, 1.82) is 0 Å². The summed E-state index contributed by atoms with van der Waals surface area (Å²) in [6.07, 6.45) is 0. The molecule has 1 fully saturated rings. The van der Waals surface area contributed by atoms with Gasteiger partial charge in [-0.05, 0) is 36.8 Å². The lowest BCUT2D eigenvalue weighted by Gasteiger charge is -2.36. The molecule has 0 aromatic heterocycles. The van der Waals surface area contributed by atoms with Gasteiger partial charge in [0.05, 0.1) is 5.02 Å². The fourth-order valence-electron chi connectivity index (χ4n) is 2.83. The predicted molar refractivity (Wildman–Crippen MR) is 90.7 cm³/mol. The van der Waals surface area contributed by atoms with E-state index in [1.165, 1.54) is 6.07 Å². The van der Waals surface area contributed by atoms with E-state index in [1.54, 1.807) is 12.1 Å². The molecule has 1 saturated heterocycles. The van der Waals surface area contributed by atoms with Gasteiger partial charge in [0.1, 0.15) is 5.82 Å². The van der Waals surface area contributed by atoms with Crippen LogP contribution in [0.25, 0.3) is 0 Å². The van der Waals surface area contributed by atoms with Crippen molar-refractivity contribution in [3.05, 3.63) is 64.4 Å². The van der Waals surface area contributed by atoms with Gasteiger partial charge < -0.3 is 9.80 Å². The molecular weight excluding hydrogens is 315 g/mol. The second-order valence-electron chi connectivity index (χ2n) is 5.69. The molecule has 0 N–H and O–H groups in total. The van der Waals surface area contributed by atoms with Gasteiger partial charge >= 0.3 is 0 Å². The Hall–Kier alpha value is -2.07. The van der Waals surface area contributed by atoms with E-state index in [4.69, 9.17) is 11.6 Å². The Balaban J connectivity index is 1.67. The predicted octanol–water partition coefficient (Wildman–Crippen LogP) is 3.75. The maximum atomic E-state index is 13.3. The van der Waals surface area contributed by atoms with Crippen molar-refractivity contribution >= 4 is 23.2 Å². The van der Waals surface area contributed by atoms with E-state index in [-0.39, 0.29) is 10.9 Å². The van der Waals surface area contributed by atoms with E-state index in [0.717, 1.165) is 16.8 Å².